The molecule has 0 spiro atoms. The molecule has 0 atom stereocenters. The van der Waals surface area contributed by atoms with Gasteiger partial charge in [-0.1, -0.05) is 30.3 Å². The molecule has 35 heavy (non-hydrogen) atoms. The molecule has 0 radical (unpaired) electrons. The van der Waals surface area contributed by atoms with E-state index in [9.17, 15) is 17.6 Å². The van der Waals surface area contributed by atoms with E-state index >= 15 is 0 Å². The molecule has 1 N–H and O–H groups in total. The van der Waals surface area contributed by atoms with Crippen molar-refractivity contribution in [1.29, 1.82) is 0 Å². The van der Waals surface area contributed by atoms with Crippen LogP contribution in [0.25, 0.3) is 10.9 Å². The van der Waals surface area contributed by atoms with E-state index in [1.54, 1.807) is 30.5 Å². The third-order valence-electron chi connectivity index (χ3n) is 5.69. The predicted molar refractivity (Wildman–Crippen MR) is 130 cm³/mol. The van der Waals surface area contributed by atoms with Crippen molar-refractivity contribution in [2.24, 2.45) is 5.10 Å². The van der Waals surface area contributed by atoms with E-state index in [0.29, 0.717) is 23.6 Å². The summed E-state index contributed by atoms with van der Waals surface area (Å²) in [6.45, 7) is 0.302. The van der Waals surface area contributed by atoms with Crippen molar-refractivity contribution in [3.63, 3.8) is 0 Å². The topological polar surface area (TPSA) is 97.7 Å². The van der Waals surface area contributed by atoms with E-state index in [-0.39, 0.29) is 22.6 Å². The Morgan fingerprint density at radius 1 is 1.06 bits per heavy atom. The van der Waals surface area contributed by atoms with Crippen LogP contribution in [0.2, 0.25) is 0 Å². The summed E-state index contributed by atoms with van der Waals surface area (Å²) in [6, 6.07) is 19.9. The second-order valence-corrected chi connectivity index (χ2v) is 10.1. The zero-order valence-corrected chi connectivity index (χ0v) is 19.3. The highest BCUT2D eigenvalue weighted by atomic mass is 32.2. The number of carbonyl (C=O) groups excluding carboxylic acids is 1. The van der Waals surface area contributed by atoms with Crippen LogP contribution in [0, 0.1) is 5.82 Å². The Labute approximate surface area is 201 Å². The molecule has 0 bridgehead atoms. The molecule has 0 fully saturated rings. The first-order valence-corrected chi connectivity index (χ1v) is 12.5. The van der Waals surface area contributed by atoms with Gasteiger partial charge in [0.25, 0.3) is 5.91 Å². The van der Waals surface area contributed by atoms with Gasteiger partial charge in [-0.2, -0.15) is 5.10 Å². The molecule has 1 aromatic heterocycles. The molecule has 0 saturated carbocycles. The Bertz CT molecular complexity index is 1560. The number of sulfone groups is 1. The quantitative estimate of drug-likeness (QED) is 0.334. The van der Waals surface area contributed by atoms with Crippen molar-refractivity contribution in [2.75, 3.05) is 5.75 Å². The normalized spacial score (nSPS) is 15.5. The minimum Gasteiger partial charge on any atom is -0.487 e. The number of ether oxygens (including phenoxy) is 1. The fraction of sp³-hybridized carbons (Fsp3) is 0.115. The van der Waals surface area contributed by atoms with Crippen LogP contribution >= 0.6 is 0 Å². The minimum absolute atomic E-state index is 0.0175. The Morgan fingerprint density at radius 3 is 2.69 bits per heavy atom. The summed E-state index contributed by atoms with van der Waals surface area (Å²) < 4.78 is 44.1. The van der Waals surface area contributed by atoms with E-state index in [4.69, 9.17) is 4.74 Å². The van der Waals surface area contributed by atoms with Gasteiger partial charge in [-0.3, -0.25) is 9.78 Å². The van der Waals surface area contributed by atoms with Crippen LogP contribution in [0.15, 0.2) is 89.0 Å². The van der Waals surface area contributed by atoms with Crippen molar-refractivity contribution in [3.05, 3.63) is 102 Å². The highest BCUT2D eigenvalue weighted by molar-refractivity contribution is 7.91. The van der Waals surface area contributed by atoms with Crippen molar-refractivity contribution >= 4 is 32.4 Å². The summed E-state index contributed by atoms with van der Waals surface area (Å²) in [5.41, 5.74) is 4.95. The molecule has 0 saturated heterocycles. The van der Waals surface area contributed by atoms with E-state index in [1.165, 1.54) is 6.07 Å². The molecule has 0 unspecified atom stereocenters. The standard InChI is InChI=1S/C26H20FN3O4S/c27-20-10-11-24-21(15-20)22(12-14-35(24,32)33)29-30-26(31)19-8-6-17(7-9-19)16-34-23-5-1-3-18-4-2-13-28-25(18)23/h1-11,13,15H,12,14,16H2,(H,30,31)/b29-22+. The summed E-state index contributed by atoms with van der Waals surface area (Å²) in [5.74, 6) is -0.514. The van der Waals surface area contributed by atoms with Gasteiger partial charge in [-0.25, -0.2) is 18.2 Å². The third-order valence-corrected chi connectivity index (χ3v) is 7.46. The number of fused-ring (bicyclic) bond motifs is 2. The number of aromatic nitrogens is 1. The van der Waals surface area contributed by atoms with Gasteiger partial charge in [0, 0.05) is 29.1 Å². The summed E-state index contributed by atoms with van der Waals surface area (Å²) in [5, 5.41) is 5.07. The Balaban J connectivity index is 1.27. The number of benzene rings is 3. The molecule has 9 heteroatoms. The second kappa shape index (κ2) is 9.27. The largest absolute Gasteiger partial charge is 0.487 e. The zero-order chi connectivity index (χ0) is 24.4. The van der Waals surface area contributed by atoms with Gasteiger partial charge in [0.15, 0.2) is 9.84 Å². The number of hydrazone groups is 1. The van der Waals surface area contributed by atoms with Crippen molar-refractivity contribution in [2.45, 2.75) is 17.9 Å². The molecule has 0 aliphatic carbocycles. The lowest BCUT2D eigenvalue weighted by molar-refractivity contribution is 0.0954. The summed E-state index contributed by atoms with van der Waals surface area (Å²) >= 11 is 0. The van der Waals surface area contributed by atoms with Gasteiger partial charge in [0.2, 0.25) is 0 Å². The van der Waals surface area contributed by atoms with Crippen LogP contribution in [0.4, 0.5) is 4.39 Å². The van der Waals surface area contributed by atoms with Crippen molar-refractivity contribution in [1.82, 2.24) is 10.4 Å². The average Bonchev–Trinajstić information content (AvgIpc) is 2.87. The van der Waals surface area contributed by atoms with Crippen LogP contribution in [0.5, 0.6) is 5.75 Å². The highest BCUT2D eigenvalue weighted by Gasteiger charge is 2.28. The van der Waals surface area contributed by atoms with E-state index in [1.807, 2.05) is 30.3 Å². The Morgan fingerprint density at radius 2 is 1.86 bits per heavy atom. The van der Waals surface area contributed by atoms with E-state index in [0.717, 1.165) is 28.6 Å². The summed E-state index contributed by atoms with van der Waals surface area (Å²) in [7, 11) is -3.50. The first-order valence-electron chi connectivity index (χ1n) is 10.9. The van der Waals surface area contributed by atoms with Gasteiger partial charge >= 0.3 is 0 Å². The number of nitrogens with zero attached hydrogens (tertiary/aromatic N) is 2. The zero-order valence-electron chi connectivity index (χ0n) is 18.4. The van der Waals surface area contributed by atoms with Crippen LogP contribution in [-0.4, -0.2) is 30.8 Å². The molecule has 1 aliphatic rings. The predicted octanol–water partition coefficient (Wildman–Crippen LogP) is 4.26. The molecule has 7 nitrogen and oxygen atoms in total. The molecule has 176 valence electrons. The van der Waals surface area contributed by atoms with E-state index in [2.05, 4.69) is 15.5 Å². The lowest BCUT2D eigenvalue weighted by Crippen LogP contribution is -2.26. The Hall–Kier alpha value is -4.11. The number of carbonyl (C=O) groups is 1. The van der Waals surface area contributed by atoms with Crippen LogP contribution in [0.3, 0.4) is 0 Å². The molecule has 1 aliphatic heterocycles. The number of rotatable bonds is 5. The molecule has 4 aromatic rings. The number of hydrogen-bond acceptors (Lipinski definition) is 6. The SMILES string of the molecule is O=C(N/N=C1\CCS(=O)(=O)c2ccc(F)cc21)c1ccc(COc2cccc3cccnc23)cc1. The van der Waals surface area contributed by atoms with E-state index < -0.39 is 21.6 Å². The number of pyridine rings is 1. The number of para-hydroxylation sites is 1. The number of amides is 1. The van der Waals surface area contributed by atoms with Gasteiger partial charge in [-0.15, -0.1) is 0 Å². The minimum atomic E-state index is -3.50. The number of halogens is 1. The smallest absolute Gasteiger partial charge is 0.271 e. The molecular formula is C26H20FN3O4S. The van der Waals surface area contributed by atoms with Gasteiger partial charge in [0.1, 0.15) is 23.7 Å². The fourth-order valence-corrected chi connectivity index (χ4v) is 5.35. The monoisotopic (exact) mass is 489 g/mol. The maximum absolute atomic E-state index is 13.7. The van der Waals surface area contributed by atoms with Crippen LogP contribution in [0.1, 0.15) is 27.9 Å². The molecule has 2 heterocycles. The highest BCUT2D eigenvalue weighted by Crippen LogP contribution is 2.26. The van der Waals surface area contributed by atoms with Crippen LogP contribution < -0.4 is 10.2 Å². The fourth-order valence-electron chi connectivity index (χ4n) is 3.88. The average molecular weight is 490 g/mol. The molecular weight excluding hydrogens is 469 g/mol. The number of hydrogen-bond donors (Lipinski definition) is 1. The van der Waals surface area contributed by atoms with Gasteiger partial charge < -0.3 is 4.74 Å². The van der Waals surface area contributed by atoms with Crippen molar-refractivity contribution < 1.29 is 22.3 Å². The second-order valence-electron chi connectivity index (χ2n) is 8.03. The third kappa shape index (κ3) is 4.76. The lowest BCUT2D eigenvalue weighted by atomic mass is 10.1. The Kier molecular flexibility index (Phi) is 6.00. The van der Waals surface area contributed by atoms with Gasteiger partial charge in [-0.05, 0) is 48.0 Å². The molecule has 5 rings (SSSR count). The van der Waals surface area contributed by atoms with Crippen molar-refractivity contribution in [3.8, 4) is 5.75 Å². The first kappa shape index (κ1) is 22.7. The maximum atomic E-state index is 13.7. The van der Waals surface area contributed by atoms with Crippen LogP contribution in [-0.2, 0) is 16.4 Å². The first-order chi connectivity index (χ1) is 16.9. The lowest BCUT2D eigenvalue weighted by Gasteiger charge is -2.18. The number of nitrogens with one attached hydrogen (secondary N) is 1. The summed E-state index contributed by atoms with van der Waals surface area (Å²) in [4.78, 5) is 17.0. The van der Waals surface area contributed by atoms with Gasteiger partial charge in [0.05, 0.1) is 16.4 Å². The maximum Gasteiger partial charge on any atom is 0.271 e. The molecule has 3 aromatic carbocycles. The summed E-state index contributed by atoms with van der Waals surface area (Å²) in [6.07, 6.45) is 1.80. The molecule has 1 amide bonds.